The van der Waals surface area contributed by atoms with Crippen molar-refractivity contribution in [3.63, 3.8) is 0 Å². The molecule has 0 amide bonds. The summed E-state index contributed by atoms with van der Waals surface area (Å²) in [6.07, 6.45) is 7.86. The Labute approximate surface area is 86.6 Å². The van der Waals surface area contributed by atoms with Gasteiger partial charge in [-0.25, -0.2) is 0 Å². The van der Waals surface area contributed by atoms with Gasteiger partial charge in [-0.1, -0.05) is 25.7 Å². The Morgan fingerprint density at radius 1 is 1.07 bits per heavy atom. The van der Waals surface area contributed by atoms with Crippen LogP contribution in [0.3, 0.4) is 0 Å². The van der Waals surface area contributed by atoms with Gasteiger partial charge in [0, 0.05) is 19.8 Å². The minimum Gasteiger partial charge on any atom is -0.396 e. The van der Waals surface area contributed by atoms with Gasteiger partial charge in [-0.3, -0.25) is 0 Å². The number of ether oxygens (including phenoxy) is 1. The number of hydrogen-bond acceptors (Lipinski definition) is 2. The van der Waals surface area contributed by atoms with E-state index in [-0.39, 0.29) is 0 Å². The van der Waals surface area contributed by atoms with E-state index in [9.17, 15) is 5.11 Å². The van der Waals surface area contributed by atoms with Crippen LogP contribution in [0.15, 0.2) is 0 Å². The summed E-state index contributed by atoms with van der Waals surface area (Å²) >= 11 is 0. The van der Waals surface area contributed by atoms with E-state index in [1.807, 2.05) is 0 Å². The Morgan fingerprint density at radius 2 is 1.79 bits per heavy atom. The van der Waals surface area contributed by atoms with Crippen LogP contribution in [0.1, 0.15) is 38.5 Å². The molecule has 1 saturated carbocycles. The number of hydrogen-bond donors (Lipinski definition) is 1. The lowest BCUT2D eigenvalue weighted by Crippen LogP contribution is -2.31. The van der Waals surface area contributed by atoms with Gasteiger partial charge in [0.25, 0.3) is 0 Å². The summed E-state index contributed by atoms with van der Waals surface area (Å²) in [5.41, 5.74) is 0. The van der Waals surface area contributed by atoms with Crippen LogP contribution in [0.4, 0.5) is 0 Å². The van der Waals surface area contributed by atoms with Gasteiger partial charge in [0.1, 0.15) is 0 Å². The second-order valence-electron chi connectivity index (χ2n) is 4.87. The third-order valence-electron chi connectivity index (χ3n) is 4.02. The molecule has 0 bridgehead atoms. The fourth-order valence-corrected chi connectivity index (χ4v) is 3.17. The van der Waals surface area contributed by atoms with Crippen LogP contribution in [-0.2, 0) is 4.74 Å². The topological polar surface area (TPSA) is 29.5 Å². The Bertz CT molecular complexity index is 158. The lowest BCUT2D eigenvalue weighted by Gasteiger charge is -2.32. The maximum Gasteiger partial charge on any atom is 0.0497 e. The van der Waals surface area contributed by atoms with Crippen molar-refractivity contribution in [2.75, 3.05) is 19.8 Å². The Balaban J connectivity index is 1.89. The third kappa shape index (κ3) is 2.29. The summed E-state index contributed by atoms with van der Waals surface area (Å²) in [4.78, 5) is 0. The highest BCUT2D eigenvalue weighted by Crippen LogP contribution is 2.37. The summed E-state index contributed by atoms with van der Waals surface area (Å²) in [6, 6.07) is 0. The van der Waals surface area contributed by atoms with Crippen molar-refractivity contribution in [3.8, 4) is 0 Å². The molecule has 0 radical (unpaired) electrons. The van der Waals surface area contributed by atoms with Gasteiger partial charge in [-0.15, -0.1) is 0 Å². The molecule has 2 aliphatic rings. The molecule has 0 spiro atoms. The molecule has 2 heteroatoms. The first-order chi connectivity index (χ1) is 6.92. The summed E-state index contributed by atoms with van der Waals surface area (Å²) < 4.78 is 5.51. The quantitative estimate of drug-likeness (QED) is 0.753. The summed E-state index contributed by atoms with van der Waals surface area (Å²) in [5.74, 6) is 1.95. The molecule has 1 heterocycles. The van der Waals surface area contributed by atoms with E-state index in [0.29, 0.717) is 18.4 Å². The molecule has 0 aromatic heterocycles. The fourth-order valence-electron chi connectivity index (χ4n) is 3.17. The first-order valence-corrected chi connectivity index (χ1v) is 6.10. The van der Waals surface area contributed by atoms with E-state index in [1.54, 1.807) is 0 Å². The molecule has 14 heavy (non-hydrogen) atoms. The predicted molar refractivity (Wildman–Crippen MR) is 56.1 cm³/mol. The molecule has 1 N–H and O–H groups in total. The van der Waals surface area contributed by atoms with Gasteiger partial charge in [-0.2, -0.15) is 0 Å². The van der Waals surface area contributed by atoms with Crippen LogP contribution in [0, 0.1) is 17.8 Å². The van der Waals surface area contributed by atoms with Gasteiger partial charge < -0.3 is 9.84 Å². The molecule has 2 rings (SSSR count). The van der Waals surface area contributed by atoms with Crippen molar-refractivity contribution in [1.82, 2.24) is 0 Å². The SMILES string of the molecule is OCC(C1CCCC1)C1CCCOC1. The van der Waals surface area contributed by atoms with Crippen LogP contribution >= 0.6 is 0 Å². The van der Waals surface area contributed by atoms with Crippen molar-refractivity contribution in [2.45, 2.75) is 38.5 Å². The second kappa shape index (κ2) is 5.13. The lowest BCUT2D eigenvalue weighted by molar-refractivity contribution is -0.000564. The Hall–Kier alpha value is -0.0800. The highest BCUT2D eigenvalue weighted by molar-refractivity contribution is 4.81. The first kappa shape index (κ1) is 10.4. The van der Waals surface area contributed by atoms with Gasteiger partial charge >= 0.3 is 0 Å². The zero-order valence-electron chi connectivity index (χ0n) is 8.95. The van der Waals surface area contributed by atoms with Gasteiger partial charge in [-0.05, 0) is 30.6 Å². The van der Waals surface area contributed by atoms with E-state index in [2.05, 4.69) is 0 Å². The maximum absolute atomic E-state index is 9.48. The molecule has 2 fully saturated rings. The number of rotatable bonds is 3. The molecular formula is C12H22O2. The van der Waals surface area contributed by atoms with Crippen LogP contribution < -0.4 is 0 Å². The first-order valence-electron chi connectivity index (χ1n) is 6.10. The van der Waals surface area contributed by atoms with Crippen LogP contribution in [0.5, 0.6) is 0 Å². The van der Waals surface area contributed by atoms with E-state index in [4.69, 9.17) is 4.74 Å². The average molecular weight is 198 g/mol. The molecular weight excluding hydrogens is 176 g/mol. The van der Waals surface area contributed by atoms with E-state index >= 15 is 0 Å². The monoisotopic (exact) mass is 198 g/mol. The molecule has 2 unspecified atom stereocenters. The molecule has 2 nitrogen and oxygen atoms in total. The largest absolute Gasteiger partial charge is 0.396 e. The predicted octanol–water partition coefficient (Wildman–Crippen LogP) is 2.21. The average Bonchev–Trinajstić information content (AvgIpc) is 2.74. The molecule has 0 aromatic rings. The van der Waals surface area contributed by atoms with Crippen molar-refractivity contribution in [3.05, 3.63) is 0 Å². The van der Waals surface area contributed by atoms with Crippen LogP contribution in [0.2, 0.25) is 0 Å². The van der Waals surface area contributed by atoms with Gasteiger partial charge in [0.05, 0.1) is 0 Å². The minimum atomic E-state index is 0.374. The summed E-state index contributed by atoms with van der Waals surface area (Å²) in [6.45, 7) is 2.19. The maximum atomic E-state index is 9.48. The van der Waals surface area contributed by atoms with E-state index < -0.39 is 0 Å². The van der Waals surface area contributed by atoms with Crippen molar-refractivity contribution >= 4 is 0 Å². The standard InChI is InChI=1S/C12H22O2/c13-8-12(10-4-1-2-5-10)11-6-3-7-14-9-11/h10-13H,1-9H2. The third-order valence-corrected chi connectivity index (χ3v) is 4.02. The zero-order valence-corrected chi connectivity index (χ0v) is 8.95. The van der Waals surface area contributed by atoms with E-state index in [1.165, 1.54) is 38.5 Å². The molecule has 82 valence electrons. The molecule has 1 saturated heterocycles. The number of aliphatic hydroxyl groups excluding tert-OH is 1. The fraction of sp³-hybridized carbons (Fsp3) is 1.00. The van der Waals surface area contributed by atoms with Crippen molar-refractivity contribution < 1.29 is 9.84 Å². The van der Waals surface area contributed by atoms with Crippen molar-refractivity contribution in [1.29, 1.82) is 0 Å². The highest BCUT2D eigenvalue weighted by atomic mass is 16.5. The normalized spacial score (nSPS) is 31.9. The minimum absolute atomic E-state index is 0.374. The molecule has 2 atom stereocenters. The molecule has 1 aliphatic carbocycles. The summed E-state index contributed by atoms with van der Waals surface area (Å²) in [7, 11) is 0. The number of aliphatic hydroxyl groups is 1. The Kier molecular flexibility index (Phi) is 3.82. The van der Waals surface area contributed by atoms with Gasteiger partial charge in [0.2, 0.25) is 0 Å². The second-order valence-corrected chi connectivity index (χ2v) is 4.87. The van der Waals surface area contributed by atoms with Crippen LogP contribution in [0.25, 0.3) is 0 Å². The highest BCUT2D eigenvalue weighted by Gasteiger charge is 2.31. The lowest BCUT2D eigenvalue weighted by atomic mass is 9.78. The molecule has 1 aliphatic heterocycles. The summed E-state index contributed by atoms with van der Waals surface area (Å²) in [5, 5.41) is 9.48. The Morgan fingerprint density at radius 3 is 2.36 bits per heavy atom. The smallest absolute Gasteiger partial charge is 0.0497 e. The zero-order chi connectivity index (χ0) is 9.80. The van der Waals surface area contributed by atoms with Crippen LogP contribution in [-0.4, -0.2) is 24.9 Å². The molecule has 0 aromatic carbocycles. The van der Waals surface area contributed by atoms with Crippen molar-refractivity contribution in [2.24, 2.45) is 17.8 Å². The van der Waals surface area contributed by atoms with E-state index in [0.717, 1.165) is 19.1 Å². The van der Waals surface area contributed by atoms with Gasteiger partial charge in [0.15, 0.2) is 0 Å².